The molecule has 1 aliphatic rings. The molecule has 3 N–H and O–H groups in total. The molecule has 1 heterocycles. The van der Waals surface area contributed by atoms with Gasteiger partial charge in [-0.1, -0.05) is 23.8 Å². The van der Waals surface area contributed by atoms with Gasteiger partial charge in [-0.3, -0.25) is 10.1 Å². The van der Waals surface area contributed by atoms with Crippen molar-refractivity contribution in [1.29, 1.82) is 0 Å². The normalized spacial score (nSPS) is 15.2. The zero-order chi connectivity index (χ0) is 19.1. The van der Waals surface area contributed by atoms with Crippen molar-refractivity contribution in [3.05, 3.63) is 40.9 Å². The number of likely N-dealkylation sites (N-methyl/N-ethyl adjacent to an activating group) is 1. The lowest BCUT2D eigenvalue weighted by atomic mass is 9.97. The predicted molar refractivity (Wildman–Crippen MR) is 108 cm³/mol. The van der Waals surface area contributed by atoms with Gasteiger partial charge in [-0.15, -0.1) is 11.3 Å². The molecule has 1 aliphatic carbocycles. The number of quaternary nitrogens is 1. The molecule has 3 rings (SSSR count). The molecule has 0 bridgehead atoms. The summed E-state index contributed by atoms with van der Waals surface area (Å²) >= 11 is 1.64. The molecule has 7 heteroatoms. The van der Waals surface area contributed by atoms with Gasteiger partial charge in [0.15, 0.2) is 6.54 Å². The Bertz CT molecular complexity index is 797. The topological polar surface area (TPSA) is 75.5 Å². The number of para-hydroxylation sites is 1. The van der Waals surface area contributed by atoms with E-state index in [1.807, 2.05) is 31.3 Å². The monoisotopic (exact) mass is 387 g/mol. The van der Waals surface area contributed by atoms with Gasteiger partial charge >= 0.3 is 6.03 Å². The van der Waals surface area contributed by atoms with E-state index in [0.717, 1.165) is 39.4 Å². The third-order valence-electron chi connectivity index (χ3n) is 4.62. The highest BCUT2D eigenvalue weighted by Gasteiger charge is 2.15. The first-order chi connectivity index (χ1) is 13.1. The van der Waals surface area contributed by atoms with Crippen molar-refractivity contribution in [2.45, 2.75) is 38.6 Å². The molecule has 0 saturated carbocycles. The Balaban J connectivity index is 1.37. The van der Waals surface area contributed by atoms with Crippen LogP contribution in [0.2, 0.25) is 0 Å². The van der Waals surface area contributed by atoms with Crippen LogP contribution < -0.4 is 15.5 Å². The first kappa shape index (κ1) is 19.5. The molecular weight excluding hydrogens is 360 g/mol. The summed E-state index contributed by atoms with van der Waals surface area (Å²) in [6, 6.07) is 7.60. The second-order valence-electron chi connectivity index (χ2n) is 7.05. The maximum absolute atomic E-state index is 12.1. The highest BCUT2D eigenvalue weighted by atomic mass is 32.1. The van der Waals surface area contributed by atoms with Gasteiger partial charge in [0.25, 0.3) is 5.91 Å². The number of amides is 3. The lowest BCUT2D eigenvalue weighted by molar-refractivity contribution is -0.885. The van der Waals surface area contributed by atoms with E-state index in [4.69, 9.17) is 0 Å². The molecule has 0 spiro atoms. The standard InChI is InChI=1S/C20H26N4O2S/c1-24(14-19-22-16-9-5-6-10-17(16)27-19)13-18(25)23-20(26)21-12-11-15-7-3-2-4-8-15/h5-7,9-10H,2-4,8,11-14H2,1H3,(H2,21,23,25,26)/p+1. The largest absolute Gasteiger partial charge is 0.337 e. The van der Waals surface area contributed by atoms with E-state index >= 15 is 0 Å². The molecular formula is C20H27N4O2S+. The van der Waals surface area contributed by atoms with Crippen LogP contribution in [0.5, 0.6) is 0 Å². The van der Waals surface area contributed by atoms with Gasteiger partial charge in [0, 0.05) is 6.54 Å². The molecule has 1 aromatic heterocycles. The van der Waals surface area contributed by atoms with Gasteiger partial charge in [-0.05, 0) is 44.2 Å². The lowest BCUT2D eigenvalue weighted by Crippen LogP contribution is -3.09. The number of urea groups is 1. The van der Waals surface area contributed by atoms with Gasteiger partial charge in [0.1, 0.15) is 11.6 Å². The minimum absolute atomic E-state index is 0.231. The molecule has 2 aromatic rings. The highest BCUT2D eigenvalue weighted by Crippen LogP contribution is 2.21. The van der Waals surface area contributed by atoms with Crippen molar-refractivity contribution < 1.29 is 14.5 Å². The van der Waals surface area contributed by atoms with Crippen LogP contribution in [0, 0.1) is 0 Å². The zero-order valence-corrected chi connectivity index (χ0v) is 16.5. The summed E-state index contributed by atoms with van der Waals surface area (Å²) in [4.78, 5) is 29.5. The summed E-state index contributed by atoms with van der Waals surface area (Å²) in [6.45, 7) is 1.45. The number of allylic oxidation sites excluding steroid dienone is 1. The molecule has 144 valence electrons. The second-order valence-corrected chi connectivity index (χ2v) is 8.16. The maximum Gasteiger partial charge on any atom is 0.321 e. The number of benzene rings is 1. The van der Waals surface area contributed by atoms with Crippen LogP contribution in [0.1, 0.15) is 37.1 Å². The molecule has 1 atom stereocenters. The van der Waals surface area contributed by atoms with E-state index in [1.54, 1.807) is 11.3 Å². The van der Waals surface area contributed by atoms with Crippen molar-refractivity contribution in [2.75, 3.05) is 20.1 Å². The second kappa shape index (κ2) is 9.62. The van der Waals surface area contributed by atoms with Crippen molar-refractivity contribution in [2.24, 2.45) is 0 Å². The number of nitrogens with zero attached hydrogens (tertiary/aromatic N) is 1. The summed E-state index contributed by atoms with van der Waals surface area (Å²) in [5.41, 5.74) is 2.40. The molecule has 0 saturated heterocycles. The van der Waals surface area contributed by atoms with E-state index < -0.39 is 6.03 Å². The third-order valence-corrected chi connectivity index (χ3v) is 5.66. The Kier molecular flexibility index (Phi) is 6.95. The Hall–Kier alpha value is -2.25. The summed E-state index contributed by atoms with van der Waals surface area (Å²) in [5, 5.41) is 6.18. The van der Waals surface area contributed by atoms with E-state index in [0.29, 0.717) is 13.1 Å². The highest BCUT2D eigenvalue weighted by molar-refractivity contribution is 7.18. The van der Waals surface area contributed by atoms with Gasteiger partial charge < -0.3 is 10.2 Å². The summed E-state index contributed by atoms with van der Waals surface area (Å²) in [7, 11) is 1.93. The third kappa shape index (κ3) is 6.15. The fourth-order valence-corrected chi connectivity index (χ4v) is 4.35. The van der Waals surface area contributed by atoms with Crippen molar-refractivity contribution in [3.63, 3.8) is 0 Å². The number of hydrogen-bond donors (Lipinski definition) is 3. The van der Waals surface area contributed by atoms with Gasteiger partial charge in [-0.25, -0.2) is 9.78 Å². The Morgan fingerprint density at radius 2 is 2.11 bits per heavy atom. The van der Waals surface area contributed by atoms with Crippen molar-refractivity contribution in [1.82, 2.24) is 15.6 Å². The predicted octanol–water partition coefficient (Wildman–Crippen LogP) is 2.03. The van der Waals surface area contributed by atoms with Gasteiger partial charge in [-0.2, -0.15) is 0 Å². The Morgan fingerprint density at radius 3 is 2.89 bits per heavy atom. The van der Waals surface area contributed by atoms with Crippen LogP contribution in [-0.2, 0) is 11.3 Å². The van der Waals surface area contributed by atoms with Gasteiger partial charge in [0.2, 0.25) is 0 Å². The molecule has 3 amide bonds. The van der Waals surface area contributed by atoms with Crippen LogP contribution in [-0.4, -0.2) is 37.1 Å². The van der Waals surface area contributed by atoms with Crippen LogP contribution in [0.4, 0.5) is 4.79 Å². The smallest absolute Gasteiger partial charge is 0.321 e. The molecule has 0 fully saturated rings. The lowest BCUT2D eigenvalue weighted by Gasteiger charge is -2.14. The minimum atomic E-state index is -0.413. The van der Waals surface area contributed by atoms with Crippen molar-refractivity contribution >= 4 is 33.5 Å². The fourth-order valence-electron chi connectivity index (χ4n) is 3.27. The average Bonchev–Trinajstić information content (AvgIpc) is 3.04. The van der Waals surface area contributed by atoms with E-state index in [-0.39, 0.29) is 12.5 Å². The number of carbonyl (C=O) groups excluding carboxylic acids is 2. The number of rotatable bonds is 7. The van der Waals surface area contributed by atoms with E-state index in [1.165, 1.54) is 18.4 Å². The first-order valence-corrected chi connectivity index (χ1v) is 10.3. The SMILES string of the molecule is C[NH+](CC(=O)NC(=O)NCCC1=CCCCC1)Cc1nc2ccccc2s1. The number of hydrogen-bond acceptors (Lipinski definition) is 4. The fraction of sp³-hybridized carbons (Fsp3) is 0.450. The van der Waals surface area contributed by atoms with Crippen LogP contribution >= 0.6 is 11.3 Å². The number of fused-ring (bicyclic) bond motifs is 1. The minimum Gasteiger partial charge on any atom is -0.337 e. The maximum atomic E-state index is 12.1. The Labute approximate surface area is 163 Å². The number of imide groups is 1. The van der Waals surface area contributed by atoms with Crippen LogP contribution in [0.3, 0.4) is 0 Å². The van der Waals surface area contributed by atoms with Crippen molar-refractivity contribution in [3.8, 4) is 0 Å². The zero-order valence-electron chi connectivity index (χ0n) is 15.7. The number of nitrogens with one attached hydrogen (secondary N) is 3. The molecule has 6 nitrogen and oxygen atoms in total. The molecule has 0 aliphatic heterocycles. The van der Waals surface area contributed by atoms with E-state index in [2.05, 4.69) is 21.7 Å². The number of thiazole rings is 1. The molecule has 1 aromatic carbocycles. The van der Waals surface area contributed by atoms with Gasteiger partial charge in [0.05, 0.1) is 17.3 Å². The quantitative estimate of drug-likeness (QED) is 0.637. The van der Waals surface area contributed by atoms with Crippen LogP contribution in [0.15, 0.2) is 35.9 Å². The first-order valence-electron chi connectivity index (χ1n) is 9.51. The average molecular weight is 388 g/mol. The summed E-state index contributed by atoms with van der Waals surface area (Å²) < 4.78 is 1.15. The molecule has 0 radical (unpaired) electrons. The van der Waals surface area contributed by atoms with E-state index in [9.17, 15) is 9.59 Å². The summed E-state index contributed by atoms with van der Waals surface area (Å²) in [6.07, 6.45) is 7.91. The molecule has 27 heavy (non-hydrogen) atoms. The Morgan fingerprint density at radius 1 is 1.26 bits per heavy atom. The molecule has 1 unspecified atom stereocenters. The number of aromatic nitrogens is 1. The summed E-state index contributed by atoms with van der Waals surface area (Å²) in [5.74, 6) is -0.275. The number of carbonyl (C=O) groups is 2. The van der Waals surface area contributed by atoms with Crippen LogP contribution in [0.25, 0.3) is 10.2 Å².